The van der Waals surface area contributed by atoms with Crippen molar-refractivity contribution in [2.75, 3.05) is 12.4 Å². The van der Waals surface area contributed by atoms with Gasteiger partial charge in [-0.1, -0.05) is 30.8 Å². The maximum atomic E-state index is 13.0. The number of hydrogen-bond acceptors (Lipinski definition) is 5. The Balaban J connectivity index is 1.86. The van der Waals surface area contributed by atoms with E-state index in [1.807, 2.05) is 32.0 Å². The van der Waals surface area contributed by atoms with E-state index in [0.29, 0.717) is 22.6 Å². The zero-order chi connectivity index (χ0) is 18.5. The average Bonchev–Trinajstić information content (AvgIpc) is 3.15. The summed E-state index contributed by atoms with van der Waals surface area (Å²) in [6.45, 7) is 5.22. The molecule has 0 aliphatic carbocycles. The number of hydrogen-bond donors (Lipinski definition) is 1. The molecule has 1 aliphatic heterocycles. The zero-order valence-electron chi connectivity index (χ0n) is 15.2. The minimum atomic E-state index is -0.0732. The van der Waals surface area contributed by atoms with E-state index in [1.165, 1.54) is 11.8 Å². The molecule has 0 bridgehead atoms. The fourth-order valence-corrected chi connectivity index (χ4v) is 3.78. The third-order valence-electron chi connectivity index (χ3n) is 4.59. The standard InChI is InChI=1S/C19H25N3O3S/c1-3-13(2)20-17(23)12-26-19-21-16-9-5-4-8-15(16)18(24)22(19)11-14-7-6-10-25-14/h4-5,8-9,13-14H,3,6-7,10-12H2,1-2H3,(H,20,23). The Morgan fingerprint density at radius 2 is 2.27 bits per heavy atom. The van der Waals surface area contributed by atoms with E-state index in [9.17, 15) is 9.59 Å². The molecule has 1 fully saturated rings. The van der Waals surface area contributed by atoms with Crippen LogP contribution >= 0.6 is 11.8 Å². The molecule has 2 unspecified atom stereocenters. The zero-order valence-corrected chi connectivity index (χ0v) is 16.1. The smallest absolute Gasteiger partial charge is 0.262 e. The fourth-order valence-electron chi connectivity index (χ4n) is 2.96. The van der Waals surface area contributed by atoms with Crippen molar-refractivity contribution in [1.82, 2.24) is 14.9 Å². The van der Waals surface area contributed by atoms with Crippen LogP contribution in [-0.4, -0.2) is 40.0 Å². The second-order valence-electron chi connectivity index (χ2n) is 6.63. The highest BCUT2D eigenvalue weighted by Crippen LogP contribution is 2.21. The average molecular weight is 375 g/mol. The Labute approximate surface area is 157 Å². The molecule has 2 heterocycles. The third kappa shape index (κ3) is 4.45. The Morgan fingerprint density at radius 1 is 1.46 bits per heavy atom. The molecule has 2 atom stereocenters. The number of thioether (sulfide) groups is 1. The summed E-state index contributed by atoms with van der Waals surface area (Å²) in [5.41, 5.74) is 0.585. The van der Waals surface area contributed by atoms with Crippen LogP contribution in [0.15, 0.2) is 34.2 Å². The summed E-state index contributed by atoms with van der Waals surface area (Å²) in [4.78, 5) is 29.7. The maximum absolute atomic E-state index is 13.0. The van der Waals surface area contributed by atoms with Crippen molar-refractivity contribution < 1.29 is 9.53 Å². The van der Waals surface area contributed by atoms with Crippen LogP contribution in [0.3, 0.4) is 0 Å². The second kappa shape index (κ2) is 8.68. The molecule has 26 heavy (non-hydrogen) atoms. The van der Waals surface area contributed by atoms with E-state index >= 15 is 0 Å². The minimum Gasteiger partial charge on any atom is -0.376 e. The van der Waals surface area contributed by atoms with Gasteiger partial charge >= 0.3 is 0 Å². The Bertz CT molecular complexity index is 830. The molecule has 2 aromatic rings. The van der Waals surface area contributed by atoms with Gasteiger partial charge < -0.3 is 10.1 Å². The predicted octanol–water partition coefficient (Wildman–Crippen LogP) is 2.58. The Kier molecular flexibility index (Phi) is 6.32. The van der Waals surface area contributed by atoms with Gasteiger partial charge in [0.15, 0.2) is 5.16 Å². The topological polar surface area (TPSA) is 73.2 Å². The normalized spacial score (nSPS) is 18.2. The van der Waals surface area contributed by atoms with Gasteiger partial charge in [0, 0.05) is 12.6 Å². The number of carbonyl (C=O) groups excluding carboxylic acids is 1. The number of rotatable bonds is 7. The van der Waals surface area contributed by atoms with Gasteiger partial charge in [-0.25, -0.2) is 4.98 Å². The molecule has 0 saturated carbocycles. The summed E-state index contributed by atoms with van der Waals surface area (Å²) in [6, 6.07) is 7.47. The molecule has 1 N–H and O–H groups in total. The molecular weight excluding hydrogens is 350 g/mol. The summed E-state index contributed by atoms with van der Waals surface area (Å²) < 4.78 is 7.36. The van der Waals surface area contributed by atoms with E-state index in [4.69, 9.17) is 4.74 Å². The predicted molar refractivity (Wildman–Crippen MR) is 104 cm³/mol. The van der Waals surface area contributed by atoms with Crippen molar-refractivity contribution in [1.29, 1.82) is 0 Å². The second-order valence-corrected chi connectivity index (χ2v) is 7.57. The van der Waals surface area contributed by atoms with Crippen LogP contribution in [0.5, 0.6) is 0 Å². The first kappa shape index (κ1) is 18.9. The highest BCUT2D eigenvalue weighted by Gasteiger charge is 2.20. The van der Waals surface area contributed by atoms with Crippen LogP contribution < -0.4 is 10.9 Å². The fraction of sp³-hybridized carbons (Fsp3) is 0.526. The largest absolute Gasteiger partial charge is 0.376 e. The molecular formula is C19H25N3O3S. The maximum Gasteiger partial charge on any atom is 0.262 e. The molecule has 1 aromatic heterocycles. The highest BCUT2D eigenvalue weighted by molar-refractivity contribution is 7.99. The van der Waals surface area contributed by atoms with Crippen LogP contribution in [0, 0.1) is 0 Å². The van der Waals surface area contributed by atoms with Crippen molar-refractivity contribution in [2.24, 2.45) is 0 Å². The molecule has 0 spiro atoms. The number of ether oxygens (including phenoxy) is 1. The van der Waals surface area contributed by atoms with E-state index in [-0.39, 0.29) is 29.4 Å². The number of aromatic nitrogens is 2. The number of fused-ring (bicyclic) bond motifs is 1. The molecule has 0 radical (unpaired) electrons. The lowest BCUT2D eigenvalue weighted by atomic mass is 10.2. The lowest BCUT2D eigenvalue weighted by Crippen LogP contribution is -2.34. The van der Waals surface area contributed by atoms with E-state index in [0.717, 1.165) is 25.9 Å². The third-order valence-corrected chi connectivity index (χ3v) is 5.57. The number of carbonyl (C=O) groups is 1. The molecule has 140 valence electrons. The van der Waals surface area contributed by atoms with Crippen LogP contribution in [-0.2, 0) is 16.1 Å². The lowest BCUT2D eigenvalue weighted by molar-refractivity contribution is -0.119. The summed E-state index contributed by atoms with van der Waals surface area (Å²) in [5.74, 6) is 0.191. The number of nitrogens with zero attached hydrogens (tertiary/aromatic N) is 2. The van der Waals surface area contributed by atoms with Gasteiger partial charge in [-0.2, -0.15) is 0 Å². The monoisotopic (exact) mass is 375 g/mol. The van der Waals surface area contributed by atoms with Crippen molar-refractivity contribution in [3.63, 3.8) is 0 Å². The van der Waals surface area contributed by atoms with E-state index in [2.05, 4.69) is 10.3 Å². The van der Waals surface area contributed by atoms with Gasteiger partial charge in [0.2, 0.25) is 5.91 Å². The van der Waals surface area contributed by atoms with Crippen LogP contribution in [0.2, 0.25) is 0 Å². The summed E-state index contributed by atoms with van der Waals surface area (Å²) in [7, 11) is 0. The van der Waals surface area contributed by atoms with Gasteiger partial charge in [0.05, 0.1) is 29.3 Å². The first-order chi connectivity index (χ1) is 12.6. The molecule has 1 amide bonds. The SMILES string of the molecule is CCC(C)NC(=O)CSc1nc2ccccc2c(=O)n1CC1CCCO1. The van der Waals surface area contributed by atoms with E-state index in [1.54, 1.807) is 10.6 Å². The van der Waals surface area contributed by atoms with Gasteiger partial charge in [-0.15, -0.1) is 0 Å². The number of nitrogens with one attached hydrogen (secondary N) is 1. The Morgan fingerprint density at radius 3 is 3.00 bits per heavy atom. The Hall–Kier alpha value is -1.86. The van der Waals surface area contributed by atoms with Crippen LogP contribution in [0.1, 0.15) is 33.1 Å². The van der Waals surface area contributed by atoms with Crippen LogP contribution in [0.4, 0.5) is 0 Å². The van der Waals surface area contributed by atoms with Crippen molar-refractivity contribution in [3.05, 3.63) is 34.6 Å². The number of benzene rings is 1. The summed E-state index contributed by atoms with van der Waals surface area (Å²) in [5, 5.41) is 4.11. The van der Waals surface area contributed by atoms with Gasteiger partial charge in [-0.05, 0) is 38.3 Å². The number of para-hydroxylation sites is 1. The molecule has 7 heteroatoms. The molecule has 3 rings (SSSR count). The first-order valence-electron chi connectivity index (χ1n) is 9.11. The number of amides is 1. The summed E-state index contributed by atoms with van der Waals surface area (Å²) >= 11 is 1.30. The molecule has 1 aromatic carbocycles. The summed E-state index contributed by atoms with van der Waals surface area (Å²) in [6.07, 6.45) is 2.87. The lowest BCUT2D eigenvalue weighted by Gasteiger charge is -2.17. The minimum absolute atomic E-state index is 0.0314. The molecule has 1 aliphatic rings. The quantitative estimate of drug-likeness (QED) is 0.595. The first-order valence-corrected chi connectivity index (χ1v) is 10.1. The van der Waals surface area contributed by atoms with Gasteiger partial charge in [-0.3, -0.25) is 14.2 Å². The van der Waals surface area contributed by atoms with Crippen molar-refractivity contribution in [2.45, 2.75) is 57.0 Å². The molecule has 1 saturated heterocycles. The highest BCUT2D eigenvalue weighted by atomic mass is 32.2. The van der Waals surface area contributed by atoms with Crippen molar-refractivity contribution >= 4 is 28.6 Å². The van der Waals surface area contributed by atoms with Gasteiger partial charge in [0.25, 0.3) is 5.56 Å². The van der Waals surface area contributed by atoms with Crippen LogP contribution in [0.25, 0.3) is 10.9 Å². The van der Waals surface area contributed by atoms with E-state index < -0.39 is 0 Å². The van der Waals surface area contributed by atoms with Gasteiger partial charge in [0.1, 0.15) is 0 Å². The van der Waals surface area contributed by atoms with Crippen molar-refractivity contribution in [3.8, 4) is 0 Å². The molecule has 6 nitrogen and oxygen atoms in total.